The molecule has 0 unspecified atom stereocenters. The maximum Gasteiger partial charge on any atom is 0.226 e. The predicted molar refractivity (Wildman–Crippen MR) is 85.2 cm³/mol. The maximum absolute atomic E-state index is 5.26. The van der Waals surface area contributed by atoms with E-state index in [4.69, 9.17) is 4.74 Å². The van der Waals surface area contributed by atoms with E-state index in [0.29, 0.717) is 17.4 Å². The highest BCUT2D eigenvalue weighted by Gasteiger charge is 2.10. The Morgan fingerprint density at radius 1 is 1.24 bits per heavy atom. The van der Waals surface area contributed by atoms with Crippen molar-refractivity contribution in [3.63, 3.8) is 0 Å². The number of H-pyrrole nitrogens is 1. The number of halogens is 1. The van der Waals surface area contributed by atoms with E-state index in [1.165, 1.54) is 0 Å². The fraction of sp³-hybridized carbons (Fsp3) is 0.154. The summed E-state index contributed by atoms with van der Waals surface area (Å²) in [6.45, 7) is 0. The minimum atomic E-state index is 0.510. The normalized spacial score (nSPS) is 10.6. The Balaban J connectivity index is 2.04. The van der Waals surface area contributed by atoms with Crippen LogP contribution in [0.15, 0.2) is 28.9 Å². The number of benzene rings is 1. The maximum atomic E-state index is 5.26. The smallest absolute Gasteiger partial charge is 0.226 e. The van der Waals surface area contributed by atoms with E-state index in [2.05, 4.69) is 46.7 Å². The Morgan fingerprint density at radius 3 is 2.86 bits per heavy atom. The molecule has 0 radical (unpaired) electrons. The highest BCUT2D eigenvalue weighted by Crippen LogP contribution is 2.29. The lowest BCUT2D eigenvalue weighted by Gasteiger charge is -2.10. The van der Waals surface area contributed by atoms with Gasteiger partial charge in [-0.15, -0.1) is 0 Å². The molecule has 3 aromatic rings. The molecule has 0 amide bonds. The summed E-state index contributed by atoms with van der Waals surface area (Å²) in [6, 6.07) is 5.71. The molecule has 0 spiro atoms. The van der Waals surface area contributed by atoms with Crippen LogP contribution >= 0.6 is 15.9 Å². The minimum absolute atomic E-state index is 0.510. The van der Waals surface area contributed by atoms with Crippen molar-refractivity contribution in [2.45, 2.75) is 0 Å². The van der Waals surface area contributed by atoms with Gasteiger partial charge in [-0.05, 0) is 12.1 Å². The molecular formula is C13H13BrN6O. The molecule has 0 saturated carbocycles. The molecule has 108 valence electrons. The summed E-state index contributed by atoms with van der Waals surface area (Å²) in [5.41, 5.74) is 1.52. The fourth-order valence-corrected chi connectivity index (χ4v) is 2.40. The Bertz CT molecular complexity index is 787. The average molecular weight is 349 g/mol. The highest BCUT2D eigenvalue weighted by molar-refractivity contribution is 9.10. The third-order valence-electron chi connectivity index (χ3n) is 2.90. The molecule has 3 N–H and O–H groups in total. The minimum Gasteiger partial charge on any atom is -0.497 e. The van der Waals surface area contributed by atoms with Gasteiger partial charge in [-0.2, -0.15) is 15.1 Å². The van der Waals surface area contributed by atoms with Crippen LogP contribution in [-0.2, 0) is 0 Å². The third kappa shape index (κ3) is 2.75. The van der Waals surface area contributed by atoms with Crippen LogP contribution in [-0.4, -0.2) is 34.3 Å². The first-order valence-electron chi connectivity index (χ1n) is 6.20. The van der Waals surface area contributed by atoms with Gasteiger partial charge < -0.3 is 15.4 Å². The van der Waals surface area contributed by atoms with Crippen LogP contribution in [0.2, 0.25) is 0 Å². The number of methoxy groups -OCH3 is 1. The number of fused-ring (bicyclic) bond motifs is 1. The number of rotatable bonds is 4. The van der Waals surface area contributed by atoms with Gasteiger partial charge in [0.2, 0.25) is 5.95 Å². The summed E-state index contributed by atoms with van der Waals surface area (Å²) in [5, 5.41) is 13.8. The van der Waals surface area contributed by atoms with Crippen LogP contribution in [0.1, 0.15) is 0 Å². The van der Waals surface area contributed by atoms with E-state index in [-0.39, 0.29) is 0 Å². The third-order valence-corrected chi connectivity index (χ3v) is 3.36. The molecule has 8 heteroatoms. The number of aromatic nitrogens is 4. The van der Waals surface area contributed by atoms with E-state index in [1.54, 1.807) is 20.4 Å². The lowest BCUT2D eigenvalue weighted by Crippen LogP contribution is -2.01. The number of aromatic amines is 1. The van der Waals surface area contributed by atoms with Crippen molar-refractivity contribution in [1.29, 1.82) is 0 Å². The molecule has 7 nitrogen and oxygen atoms in total. The van der Waals surface area contributed by atoms with Gasteiger partial charge in [0.05, 0.1) is 18.7 Å². The summed E-state index contributed by atoms with van der Waals surface area (Å²) in [6.07, 6.45) is 1.69. The fourth-order valence-electron chi connectivity index (χ4n) is 1.93. The van der Waals surface area contributed by atoms with Gasteiger partial charge in [0.25, 0.3) is 0 Å². The molecule has 0 fully saturated rings. The zero-order chi connectivity index (χ0) is 14.8. The van der Waals surface area contributed by atoms with E-state index in [1.807, 2.05) is 18.2 Å². The van der Waals surface area contributed by atoms with E-state index in [0.717, 1.165) is 21.3 Å². The summed E-state index contributed by atoms with van der Waals surface area (Å²) in [5.74, 6) is 1.92. The van der Waals surface area contributed by atoms with Gasteiger partial charge in [0.1, 0.15) is 11.6 Å². The van der Waals surface area contributed by atoms with Crippen molar-refractivity contribution in [3.8, 4) is 5.75 Å². The Labute approximate surface area is 129 Å². The molecule has 3 rings (SSSR count). The van der Waals surface area contributed by atoms with Crippen molar-refractivity contribution in [3.05, 3.63) is 28.9 Å². The zero-order valence-corrected chi connectivity index (χ0v) is 13.0. The Hall–Kier alpha value is -2.35. The monoisotopic (exact) mass is 348 g/mol. The lowest BCUT2D eigenvalue weighted by atomic mass is 10.3. The van der Waals surface area contributed by atoms with Crippen molar-refractivity contribution < 1.29 is 4.74 Å². The Kier molecular flexibility index (Phi) is 3.61. The first-order chi connectivity index (χ1) is 10.2. The second-order valence-electron chi connectivity index (χ2n) is 4.28. The molecule has 2 heterocycles. The molecule has 21 heavy (non-hydrogen) atoms. The largest absolute Gasteiger partial charge is 0.497 e. The Morgan fingerprint density at radius 2 is 2.10 bits per heavy atom. The van der Waals surface area contributed by atoms with Gasteiger partial charge in [-0.3, -0.25) is 5.10 Å². The van der Waals surface area contributed by atoms with Gasteiger partial charge in [-0.1, -0.05) is 15.9 Å². The molecule has 0 saturated heterocycles. The molecule has 0 bridgehead atoms. The first-order valence-corrected chi connectivity index (χ1v) is 6.99. The van der Waals surface area contributed by atoms with Crippen LogP contribution in [0, 0.1) is 0 Å². The molecule has 0 aliphatic carbocycles. The zero-order valence-electron chi connectivity index (χ0n) is 11.4. The van der Waals surface area contributed by atoms with Crippen molar-refractivity contribution in [2.24, 2.45) is 0 Å². The van der Waals surface area contributed by atoms with Crippen LogP contribution < -0.4 is 15.4 Å². The number of ether oxygens (including phenoxy) is 1. The second kappa shape index (κ2) is 5.57. The topological polar surface area (TPSA) is 87.8 Å². The van der Waals surface area contributed by atoms with Gasteiger partial charge in [-0.25, -0.2) is 0 Å². The molecule has 0 aliphatic heterocycles. The average Bonchev–Trinajstić information content (AvgIpc) is 2.95. The van der Waals surface area contributed by atoms with Gasteiger partial charge >= 0.3 is 0 Å². The van der Waals surface area contributed by atoms with Crippen LogP contribution in [0.3, 0.4) is 0 Å². The number of anilines is 3. The SMILES string of the molecule is CNc1nc(Nc2cc(Br)cc(OC)c2)c2cn[nH]c2n1. The molecular weight excluding hydrogens is 336 g/mol. The second-order valence-corrected chi connectivity index (χ2v) is 5.20. The summed E-state index contributed by atoms with van der Waals surface area (Å²) >= 11 is 3.45. The number of nitrogens with zero attached hydrogens (tertiary/aromatic N) is 3. The number of nitrogens with one attached hydrogen (secondary N) is 3. The van der Waals surface area contributed by atoms with Gasteiger partial charge in [0, 0.05) is 23.3 Å². The van der Waals surface area contributed by atoms with Crippen LogP contribution in [0.25, 0.3) is 11.0 Å². The molecule has 1 aromatic carbocycles. The molecule has 0 atom stereocenters. The standard InChI is InChI=1S/C13H13BrN6O/c1-15-13-18-11(10-6-16-20-12(10)19-13)17-8-3-7(14)4-9(5-8)21-2/h3-6H,1-2H3,(H3,15,16,17,18,19,20). The van der Waals surface area contributed by atoms with Crippen LogP contribution in [0.4, 0.5) is 17.5 Å². The van der Waals surface area contributed by atoms with E-state index in [9.17, 15) is 0 Å². The summed E-state index contributed by atoms with van der Waals surface area (Å²) in [4.78, 5) is 8.72. The lowest BCUT2D eigenvalue weighted by molar-refractivity contribution is 0.415. The quantitative estimate of drug-likeness (QED) is 0.671. The number of hydrogen-bond acceptors (Lipinski definition) is 6. The van der Waals surface area contributed by atoms with E-state index < -0.39 is 0 Å². The highest BCUT2D eigenvalue weighted by atomic mass is 79.9. The van der Waals surface area contributed by atoms with Crippen molar-refractivity contribution in [1.82, 2.24) is 20.2 Å². The predicted octanol–water partition coefficient (Wildman–Crippen LogP) is 2.91. The first kappa shape index (κ1) is 13.6. The van der Waals surface area contributed by atoms with E-state index >= 15 is 0 Å². The van der Waals surface area contributed by atoms with Crippen molar-refractivity contribution in [2.75, 3.05) is 24.8 Å². The molecule has 2 aromatic heterocycles. The molecule has 0 aliphatic rings. The number of hydrogen-bond donors (Lipinski definition) is 3. The summed E-state index contributed by atoms with van der Waals surface area (Å²) in [7, 11) is 3.40. The summed E-state index contributed by atoms with van der Waals surface area (Å²) < 4.78 is 6.17. The van der Waals surface area contributed by atoms with Gasteiger partial charge in [0.15, 0.2) is 5.65 Å². The van der Waals surface area contributed by atoms with Crippen molar-refractivity contribution >= 4 is 44.4 Å². The van der Waals surface area contributed by atoms with Crippen LogP contribution in [0.5, 0.6) is 5.75 Å².